The summed E-state index contributed by atoms with van der Waals surface area (Å²) in [6.07, 6.45) is 1.91. The molecule has 0 atom stereocenters. The van der Waals surface area contributed by atoms with E-state index in [9.17, 15) is 4.79 Å². The van der Waals surface area contributed by atoms with Crippen LogP contribution in [0.4, 0.5) is 0 Å². The molecule has 3 heterocycles. The predicted molar refractivity (Wildman–Crippen MR) is 85.9 cm³/mol. The van der Waals surface area contributed by atoms with Crippen LogP contribution in [0.3, 0.4) is 0 Å². The average molecular weight is 334 g/mol. The first-order valence-electron chi connectivity index (χ1n) is 6.72. The second kappa shape index (κ2) is 6.71. The molecular weight excluding hydrogens is 320 g/mol. The van der Waals surface area contributed by atoms with E-state index in [-0.39, 0.29) is 5.91 Å². The number of aromatic nitrogens is 3. The van der Waals surface area contributed by atoms with Crippen LogP contribution in [0.25, 0.3) is 10.7 Å². The van der Waals surface area contributed by atoms with Gasteiger partial charge < -0.3 is 9.73 Å². The highest BCUT2D eigenvalue weighted by atomic mass is 32.1. The predicted octanol–water partition coefficient (Wildman–Crippen LogP) is 2.97. The fourth-order valence-corrected chi connectivity index (χ4v) is 2.97. The van der Waals surface area contributed by atoms with Gasteiger partial charge in [-0.3, -0.25) is 14.5 Å². The molecule has 1 amide bonds. The minimum absolute atomic E-state index is 0.0587. The van der Waals surface area contributed by atoms with Crippen molar-refractivity contribution in [1.82, 2.24) is 20.1 Å². The van der Waals surface area contributed by atoms with E-state index in [0.717, 1.165) is 16.5 Å². The fraction of sp³-hybridized carbons (Fsp3) is 0.214. The number of hydrogen-bond donors (Lipinski definition) is 2. The Labute approximate surface area is 135 Å². The van der Waals surface area contributed by atoms with Crippen molar-refractivity contribution < 1.29 is 9.21 Å². The second-order valence-electron chi connectivity index (χ2n) is 4.59. The molecule has 2 N–H and O–H groups in total. The molecule has 0 saturated heterocycles. The summed E-state index contributed by atoms with van der Waals surface area (Å²) in [7, 11) is 0. The molecule has 0 aliphatic carbocycles. The van der Waals surface area contributed by atoms with Crippen LogP contribution < -0.4 is 5.32 Å². The second-order valence-corrected chi connectivity index (χ2v) is 5.92. The minimum Gasteiger partial charge on any atom is -0.467 e. The number of carbonyl (C=O) groups is 1. The lowest BCUT2D eigenvalue weighted by Gasteiger charge is -2.06. The summed E-state index contributed by atoms with van der Waals surface area (Å²) >= 11 is 6.81. The van der Waals surface area contributed by atoms with Crippen LogP contribution in [0.2, 0.25) is 0 Å². The summed E-state index contributed by atoms with van der Waals surface area (Å²) in [5.41, 5.74) is 0. The van der Waals surface area contributed by atoms with Crippen LogP contribution in [0.15, 0.2) is 40.3 Å². The van der Waals surface area contributed by atoms with Gasteiger partial charge in [-0.15, -0.1) is 11.3 Å². The van der Waals surface area contributed by atoms with Gasteiger partial charge in [0.2, 0.25) is 5.91 Å². The first-order chi connectivity index (χ1) is 10.7. The van der Waals surface area contributed by atoms with E-state index in [0.29, 0.717) is 24.3 Å². The van der Waals surface area contributed by atoms with E-state index >= 15 is 0 Å². The van der Waals surface area contributed by atoms with Crippen molar-refractivity contribution in [2.24, 2.45) is 0 Å². The maximum Gasteiger partial charge on any atom is 0.222 e. The zero-order valence-electron chi connectivity index (χ0n) is 11.6. The number of thiophene rings is 1. The maximum atomic E-state index is 11.9. The van der Waals surface area contributed by atoms with Crippen LogP contribution in [-0.2, 0) is 17.9 Å². The summed E-state index contributed by atoms with van der Waals surface area (Å²) in [6.45, 7) is 0.868. The lowest BCUT2D eigenvalue weighted by molar-refractivity contribution is -0.121. The lowest BCUT2D eigenvalue weighted by atomic mass is 10.3. The van der Waals surface area contributed by atoms with Crippen molar-refractivity contribution in [2.75, 3.05) is 0 Å². The number of H-pyrrole nitrogens is 1. The van der Waals surface area contributed by atoms with Gasteiger partial charge in [0.05, 0.1) is 17.7 Å². The van der Waals surface area contributed by atoms with Crippen LogP contribution in [-0.4, -0.2) is 20.7 Å². The Hall–Kier alpha value is -2.19. The zero-order valence-corrected chi connectivity index (χ0v) is 13.2. The highest BCUT2D eigenvalue weighted by molar-refractivity contribution is 7.71. The molecule has 0 aromatic carbocycles. The average Bonchev–Trinajstić information content (AvgIpc) is 3.25. The number of nitrogens with one attached hydrogen (secondary N) is 2. The molecule has 0 aliphatic rings. The van der Waals surface area contributed by atoms with Crippen LogP contribution in [0, 0.1) is 4.77 Å². The van der Waals surface area contributed by atoms with Crippen molar-refractivity contribution in [3.05, 3.63) is 46.4 Å². The van der Waals surface area contributed by atoms with E-state index in [1.807, 2.05) is 28.1 Å². The van der Waals surface area contributed by atoms with Crippen LogP contribution in [0.5, 0.6) is 0 Å². The molecule has 0 spiro atoms. The molecular formula is C14H14N4O2S2. The third-order valence-corrected chi connectivity index (χ3v) is 4.28. The number of carbonyl (C=O) groups excluding carboxylic acids is 1. The standard InChI is InChI=1S/C14H14N4O2S2/c19-12(15-9-10-3-1-7-20-10)5-6-18-13(16-17-14(18)21)11-4-2-8-22-11/h1-4,7-8H,5-6,9H2,(H,15,19)(H,17,21). The Bertz CT molecular complexity index is 787. The Morgan fingerprint density at radius 1 is 1.45 bits per heavy atom. The molecule has 0 bridgehead atoms. The van der Waals surface area contributed by atoms with Gasteiger partial charge in [-0.25, -0.2) is 0 Å². The monoisotopic (exact) mass is 334 g/mol. The Morgan fingerprint density at radius 2 is 2.36 bits per heavy atom. The summed E-state index contributed by atoms with van der Waals surface area (Å²) in [5, 5.41) is 11.8. The SMILES string of the molecule is O=C(CCn1c(-c2cccs2)n[nH]c1=S)NCc1ccco1. The van der Waals surface area contributed by atoms with Crippen molar-refractivity contribution in [3.63, 3.8) is 0 Å². The minimum atomic E-state index is -0.0587. The smallest absolute Gasteiger partial charge is 0.222 e. The summed E-state index contributed by atoms with van der Waals surface area (Å²) in [4.78, 5) is 12.9. The van der Waals surface area contributed by atoms with E-state index in [4.69, 9.17) is 16.6 Å². The molecule has 6 nitrogen and oxygen atoms in total. The van der Waals surface area contributed by atoms with E-state index in [1.54, 1.807) is 23.7 Å². The van der Waals surface area contributed by atoms with Gasteiger partial charge in [-0.2, -0.15) is 5.10 Å². The molecule has 114 valence electrons. The summed E-state index contributed by atoms with van der Waals surface area (Å²) in [5.74, 6) is 1.43. The summed E-state index contributed by atoms with van der Waals surface area (Å²) in [6, 6.07) is 7.54. The molecule has 0 unspecified atom stereocenters. The van der Waals surface area contributed by atoms with Crippen molar-refractivity contribution in [3.8, 4) is 10.7 Å². The lowest BCUT2D eigenvalue weighted by Crippen LogP contribution is -2.23. The third-order valence-electron chi connectivity index (χ3n) is 3.10. The normalized spacial score (nSPS) is 10.7. The Balaban J connectivity index is 1.61. The van der Waals surface area contributed by atoms with Crippen molar-refractivity contribution >= 4 is 29.5 Å². The largest absolute Gasteiger partial charge is 0.467 e. The van der Waals surface area contributed by atoms with Gasteiger partial charge in [0, 0.05) is 13.0 Å². The van der Waals surface area contributed by atoms with Gasteiger partial charge in [0.1, 0.15) is 5.76 Å². The van der Waals surface area contributed by atoms with Crippen LogP contribution in [0.1, 0.15) is 12.2 Å². The molecule has 0 saturated carbocycles. The molecule has 3 rings (SSSR count). The van der Waals surface area contributed by atoms with E-state index in [2.05, 4.69) is 15.5 Å². The molecule has 8 heteroatoms. The highest BCUT2D eigenvalue weighted by Crippen LogP contribution is 2.22. The van der Waals surface area contributed by atoms with Gasteiger partial charge in [0.15, 0.2) is 10.6 Å². The number of rotatable bonds is 6. The van der Waals surface area contributed by atoms with Crippen molar-refractivity contribution in [1.29, 1.82) is 0 Å². The summed E-state index contributed by atoms with van der Waals surface area (Å²) < 4.78 is 7.53. The fourth-order valence-electron chi connectivity index (χ4n) is 2.02. The Morgan fingerprint density at radius 3 is 3.09 bits per heavy atom. The molecule has 0 aliphatic heterocycles. The van der Waals surface area contributed by atoms with Crippen LogP contribution >= 0.6 is 23.6 Å². The first-order valence-corrected chi connectivity index (χ1v) is 8.01. The topological polar surface area (TPSA) is 75.8 Å². The molecule has 3 aromatic rings. The number of aromatic amines is 1. The van der Waals surface area contributed by atoms with Gasteiger partial charge >= 0.3 is 0 Å². The molecule has 3 aromatic heterocycles. The van der Waals surface area contributed by atoms with Gasteiger partial charge in [-0.1, -0.05) is 6.07 Å². The maximum absolute atomic E-state index is 11.9. The Kier molecular flexibility index (Phi) is 4.50. The van der Waals surface area contributed by atoms with Crippen molar-refractivity contribution in [2.45, 2.75) is 19.5 Å². The van der Waals surface area contributed by atoms with E-state index in [1.165, 1.54) is 0 Å². The van der Waals surface area contributed by atoms with Gasteiger partial charge in [-0.05, 0) is 35.8 Å². The number of furan rings is 1. The molecule has 22 heavy (non-hydrogen) atoms. The molecule has 0 radical (unpaired) electrons. The first kappa shape index (κ1) is 14.7. The molecule has 0 fully saturated rings. The quantitative estimate of drug-likeness (QED) is 0.680. The highest BCUT2D eigenvalue weighted by Gasteiger charge is 2.11. The number of nitrogens with zero attached hydrogens (tertiary/aromatic N) is 2. The number of amides is 1. The number of hydrogen-bond acceptors (Lipinski definition) is 5. The van der Waals surface area contributed by atoms with E-state index < -0.39 is 0 Å². The third kappa shape index (κ3) is 3.34. The zero-order chi connectivity index (χ0) is 15.4. The van der Waals surface area contributed by atoms with Gasteiger partial charge in [0.25, 0.3) is 0 Å².